The second-order valence-electron chi connectivity index (χ2n) is 7.81. The lowest BCUT2D eigenvalue weighted by Gasteiger charge is -2.20. The summed E-state index contributed by atoms with van der Waals surface area (Å²) in [6, 6.07) is 8.22. The number of hydrogen-bond acceptors (Lipinski definition) is 3. The van der Waals surface area contributed by atoms with Gasteiger partial charge in [0, 0.05) is 23.6 Å². The van der Waals surface area contributed by atoms with Crippen molar-refractivity contribution in [2.24, 2.45) is 5.92 Å². The molecule has 27 heavy (non-hydrogen) atoms. The van der Waals surface area contributed by atoms with E-state index in [0.29, 0.717) is 17.1 Å². The molecular formula is C23H27N3O. The number of H-pyrrole nitrogens is 1. The summed E-state index contributed by atoms with van der Waals surface area (Å²) in [5, 5.41) is 0.885. The van der Waals surface area contributed by atoms with E-state index < -0.39 is 0 Å². The van der Waals surface area contributed by atoms with Crippen molar-refractivity contribution >= 4 is 11.0 Å². The van der Waals surface area contributed by atoms with Crippen LogP contribution in [0.4, 0.5) is 0 Å². The van der Waals surface area contributed by atoms with E-state index in [1.165, 1.54) is 37.7 Å². The fraction of sp³-hybridized carbons (Fsp3) is 0.435. The van der Waals surface area contributed by atoms with Crippen LogP contribution in [0, 0.1) is 12.8 Å². The molecule has 1 aliphatic carbocycles. The van der Waals surface area contributed by atoms with Crippen molar-refractivity contribution in [3.63, 3.8) is 0 Å². The molecule has 1 fully saturated rings. The fourth-order valence-electron chi connectivity index (χ4n) is 4.23. The number of benzene rings is 1. The first-order valence-electron chi connectivity index (χ1n) is 10.1. The molecule has 1 N–H and O–H groups in total. The quantitative estimate of drug-likeness (QED) is 0.713. The molecule has 4 nitrogen and oxygen atoms in total. The van der Waals surface area contributed by atoms with Crippen LogP contribution in [-0.4, -0.2) is 15.0 Å². The highest BCUT2D eigenvalue weighted by molar-refractivity contribution is 5.81. The van der Waals surface area contributed by atoms with Crippen molar-refractivity contribution in [1.29, 1.82) is 0 Å². The van der Waals surface area contributed by atoms with Crippen molar-refractivity contribution < 1.29 is 0 Å². The molecule has 4 rings (SSSR count). The Kier molecular flexibility index (Phi) is 5.06. The second kappa shape index (κ2) is 7.63. The van der Waals surface area contributed by atoms with Crippen molar-refractivity contribution in [2.75, 3.05) is 0 Å². The van der Waals surface area contributed by atoms with Crippen molar-refractivity contribution in [2.45, 2.75) is 58.8 Å². The highest BCUT2D eigenvalue weighted by Crippen LogP contribution is 2.27. The highest BCUT2D eigenvalue weighted by Gasteiger charge is 2.16. The predicted molar refractivity (Wildman–Crippen MR) is 110 cm³/mol. The fourth-order valence-corrected chi connectivity index (χ4v) is 4.23. The molecule has 2 aromatic heterocycles. The molecule has 0 spiro atoms. The summed E-state index contributed by atoms with van der Waals surface area (Å²) >= 11 is 0. The number of aryl methyl sites for hydroxylation is 2. The first-order valence-corrected chi connectivity index (χ1v) is 10.1. The van der Waals surface area contributed by atoms with E-state index in [4.69, 9.17) is 0 Å². The number of aromatic amines is 1. The van der Waals surface area contributed by atoms with Gasteiger partial charge in [-0.3, -0.25) is 4.79 Å². The summed E-state index contributed by atoms with van der Waals surface area (Å²) in [4.78, 5) is 24.9. The van der Waals surface area contributed by atoms with E-state index in [0.717, 1.165) is 35.2 Å². The van der Waals surface area contributed by atoms with Crippen LogP contribution in [-0.2, 0) is 12.8 Å². The van der Waals surface area contributed by atoms with Crippen LogP contribution in [0.25, 0.3) is 22.2 Å². The molecule has 0 bridgehead atoms. The lowest BCUT2D eigenvalue weighted by Crippen LogP contribution is -2.14. The minimum atomic E-state index is -0.0860. The normalized spacial score (nSPS) is 15.3. The van der Waals surface area contributed by atoms with E-state index >= 15 is 0 Å². The standard InChI is InChI=1S/C23H27N3O/c1-3-16-9-10-19(15(2)11-16)20-13-18-14-24-21(25-22(18)26-23(20)27)12-17-7-5-4-6-8-17/h9-11,13-14,17H,3-8,12H2,1-2H3,(H,24,25,26,27). The second-order valence-corrected chi connectivity index (χ2v) is 7.81. The molecule has 0 saturated heterocycles. The monoisotopic (exact) mass is 361 g/mol. The van der Waals surface area contributed by atoms with Gasteiger partial charge in [-0.1, -0.05) is 57.2 Å². The number of hydrogen-bond donors (Lipinski definition) is 1. The summed E-state index contributed by atoms with van der Waals surface area (Å²) in [5.41, 5.74) is 4.62. The Labute approximate surface area is 160 Å². The molecule has 0 amide bonds. The van der Waals surface area contributed by atoms with E-state index in [-0.39, 0.29) is 5.56 Å². The van der Waals surface area contributed by atoms with Gasteiger partial charge in [0.1, 0.15) is 11.5 Å². The van der Waals surface area contributed by atoms with Crippen LogP contribution in [0.2, 0.25) is 0 Å². The zero-order valence-electron chi connectivity index (χ0n) is 16.2. The Hall–Kier alpha value is -2.49. The van der Waals surface area contributed by atoms with Gasteiger partial charge in [0.05, 0.1) is 0 Å². The lowest BCUT2D eigenvalue weighted by atomic mass is 9.87. The van der Waals surface area contributed by atoms with E-state index in [2.05, 4.69) is 40.9 Å². The largest absolute Gasteiger partial charge is 0.306 e. The highest BCUT2D eigenvalue weighted by atomic mass is 16.1. The third-order valence-electron chi connectivity index (χ3n) is 5.83. The Bertz CT molecular complexity index is 1020. The smallest absolute Gasteiger partial charge is 0.257 e. The molecule has 3 aromatic rings. The zero-order valence-corrected chi connectivity index (χ0v) is 16.2. The maximum Gasteiger partial charge on any atom is 0.257 e. The molecule has 0 atom stereocenters. The van der Waals surface area contributed by atoms with E-state index in [1.54, 1.807) is 0 Å². The van der Waals surface area contributed by atoms with Crippen LogP contribution < -0.4 is 5.56 Å². The number of nitrogens with zero attached hydrogens (tertiary/aromatic N) is 2. The topological polar surface area (TPSA) is 58.6 Å². The van der Waals surface area contributed by atoms with E-state index in [9.17, 15) is 4.79 Å². The molecule has 1 aliphatic rings. The van der Waals surface area contributed by atoms with Gasteiger partial charge in [-0.25, -0.2) is 9.97 Å². The molecule has 4 heteroatoms. The number of pyridine rings is 1. The summed E-state index contributed by atoms with van der Waals surface area (Å²) in [6.45, 7) is 4.20. The van der Waals surface area contributed by atoms with Crippen LogP contribution in [0.5, 0.6) is 0 Å². The first-order chi connectivity index (χ1) is 13.1. The van der Waals surface area contributed by atoms with Crippen molar-refractivity contribution in [1.82, 2.24) is 15.0 Å². The third-order valence-corrected chi connectivity index (χ3v) is 5.83. The average Bonchev–Trinajstić information content (AvgIpc) is 2.68. The van der Waals surface area contributed by atoms with Crippen LogP contribution in [0.1, 0.15) is 56.0 Å². The van der Waals surface area contributed by atoms with Gasteiger partial charge in [-0.05, 0) is 42.0 Å². The minimum Gasteiger partial charge on any atom is -0.306 e. The summed E-state index contributed by atoms with van der Waals surface area (Å²) in [5.74, 6) is 1.53. The molecule has 2 heterocycles. The Morgan fingerprint density at radius 1 is 1.11 bits per heavy atom. The maximum atomic E-state index is 12.7. The van der Waals surface area contributed by atoms with Crippen LogP contribution >= 0.6 is 0 Å². The molecule has 140 valence electrons. The van der Waals surface area contributed by atoms with Gasteiger partial charge >= 0.3 is 0 Å². The summed E-state index contributed by atoms with van der Waals surface area (Å²) < 4.78 is 0. The van der Waals surface area contributed by atoms with Gasteiger partial charge in [0.25, 0.3) is 5.56 Å². The molecule has 0 unspecified atom stereocenters. The number of nitrogens with one attached hydrogen (secondary N) is 1. The third kappa shape index (κ3) is 3.80. The molecule has 0 aliphatic heterocycles. The minimum absolute atomic E-state index is 0.0860. The zero-order chi connectivity index (χ0) is 18.8. The van der Waals surface area contributed by atoms with Gasteiger partial charge in [-0.15, -0.1) is 0 Å². The molecular weight excluding hydrogens is 334 g/mol. The van der Waals surface area contributed by atoms with Crippen LogP contribution in [0.3, 0.4) is 0 Å². The molecule has 0 radical (unpaired) electrons. The Morgan fingerprint density at radius 2 is 1.93 bits per heavy atom. The summed E-state index contributed by atoms with van der Waals surface area (Å²) in [7, 11) is 0. The van der Waals surface area contributed by atoms with E-state index in [1.807, 2.05) is 18.3 Å². The number of aromatic nitrogens is 3. The SMILES string of the molecule is CCc1ccc(-c2cc3cnc(CC4CCCCC4)nc3[nH]c2=O)c(C)c1. The van der Waals surface area contributed by atoms with Crippen molar-refractivity contribution in [3.05, 3.63) is 57.8 Å². The molecule has 1 aromatic carbocycles. The van der Waals surface area contributed by atoms with Gasteiger partial charge < -0.3 is 4.98 Å². The Balaban J connectivity index is 1.68. The van der Waals surface area contributed by atoms with Crippen LogP contribution in [0.15, 0.2) is 35.3 Å². The Morgan fingerprint density at radius 3 is 2.67 bits per heavy atom. The summed E-state index contributed by atoms with van der Waals surface area (Å²) in [6.07, 6.45) is 10.3. The molecule has 1 saturated carbocycles. The van der Waals surface area contributed by atoms with Crippen molar-refractivity contribution in [3.8, 4) is 11.1 Å². The maximum absolute atomic E-state index is 12.7. The first kappa shape index (κ1) is 17.9. The van der Waals surface area contributed by atoms with Gasteiger partial charge in [0.2, 0.25) is 0 Å². The average molecular weight is 361 g/mol. The van der Waals surface area contributed by atoms with Gasteiger partial charge in [-0.2, -0.15) is 0 Å². The number of fused-ring (bicyclic) bond motifs is 1. The van der Waals surface area contributed by atoms with Gasteiger partial charge in [0.15, 0.2) is 0 Å². The lowest BCUT2D eigenvalue weighted by molar-refractivity contribution is 0.352. The number of rotatable bonds is 4. The predicted octanol–water partition coefficient (Wildman–Crippen LogP) is 4.98.